The fraction of sp³-hybridized carbons (Fsp3) is 1.00. The number of rotatable bonds is 5. The van der Waals surface area contributed by atoms with Crippen LogP contribution < -0.4 is 0 Å². The lowest BCUT2D eigenvalue weighted by Crippen LogP contribution is -2.32. The second kappa shape index (κ2) is 5.03. The quantitative estimate of drug-likeness (QED) is 0.433. The van der Waals surface area contributed by atoms with E-state index in [0.29, 0.717) is 12.8 Å². The maximum Gasteiger partial charge on any atom is 0.231 e. The third-order valence-electron chi connectivity index (χ3n) is 1.36. The molecule has 11 heavy (non-hydrogen) atoms. The van der Waals surface area contributed by atoms with Crippen LogP contribution in [0.15, 0.2) is 0 Å². The van der Waals surface area contributed by atoms with Gasteiger partial charge in [-0.05, 0) is 6.42 Å². The summed E-state index contributed by atoms with van der Waals surface area (Å²) in [4.78, 5) is 9.22. The van der Waals surface area contributed by atoms with Gasteiger partial charge >= 0.3 is 0 Å². The van der Waals surface area contributed by atoms with Crippen LogP contribution in [0.4, 0.5) is 0 Å². The summed E-state index contributed by atoms with van der Waals surface area (Å²) >= 11 is 0. The third kappa shape index (κ3) is 4.69. The number of nitrogens with zero attached hydrogens (tertiary/aromatic N) is 1. The van der Waals surface area contributed by atoms with Gasteiger partial charge in [0.2, 0.25) is 6.54 Å². The van der Waals surface area contributed by atoms with Crippen molar-refractivity contribution in [3.63, 3.8) is 0 Å². The van der Waals surface area contributed by atoms with Crippen LogP contribution >= 0.6 is 0 Å². The Morgan fingerprint density at radius 2 is 2.00 bits per heavy atom. The van der Waals surface area contributed by atoms with Crippen LogP contribution in [0.3, 0.4) is 0 Å². The standard InChI is InChI=1S/C6H13NO4/c1-2-3-5(8)6(9)4-7(10)11/h5-6,8-9H,2-4H2,1H3. The minimum Gasteiger partial charge on any atom is -0.390 e. The van der Waals surface area contributed by atoms with Crippen LogP contribution in [0.1, 0.15) is 19.8 Å². The van der Waals surface area contributed by atoms with E-state index in [4.69, 9.17) is 10.2 Å². The van der Waals surface area contributed by atoms with E-state index in [9.17, 15) is 10.1 Å². The van der Waals surface area contributed by atoms with E-state index in [1.165, 1.54) is 0 Å². The van der Waals surface area contributed by atoms with Crippen molar-refractivity contribution in [2.45, 2.75) is 32.0 Å². The predicted molar refractivity (Wildman–Crippen MR) is 38.8 cm³/mol. The van der Waals surface area contributed by atoms with Gasteiger partial charge in [-0.1, -0.05) is 13.3 Å². The van der Waals surface area contributed by atoms with Crippen LogP contribution in [0.2, 0.25) is 0 Å². The largest absolute Gasteiger partial charge is 0.390 e. The van der Waals surface area contributed by atoms with Crippen molar-refractivity contribution in [2.24, 2.45) is 0 Å². The van der Waals surface area contributed by atoms with Gasteiger partial charge in [-0.15, -0.1) is 0 Å². The molecule has 0 aliphatic rings. The third-order valence-corrected chi connectivity index (χ3v) is 1.36. The topological polar surface area (TPSA) is 83.6 Å². The van der Waals surface area contributed by atoms with E-state index < -0.39 is 23.7 Å². The Kier molecular flexibility index (Phi) is 4.72. The molecule has 0 aromatic heterocycles. The summed E-state index contributed by atoms with van der Waals surface area (Å²) in [5.41, 5.74) is 0. The number of hydrogen-bond acceptors (Lipinski definition) is 4. The Hall–Kier alpha value is -0.680. The molecule has 0 aromatic carbocycles. The van der Waals surface area contributed by atoms with Crippen LogP contribution in [0, 0.1) is 10.1 Å². The lowest BCUT2D eigenvalue weighted by molar-refractivity contribution is -0.492. The highest BCUT2D eigenvalue weighted by atomic mass is 16.6. The average Bonchev–Trinajstić information content (AvgIpc) is 1.86. The van der Waals surface area contributed by atoms with Gasteiger partial charge < -0.3 is 10.2 Å². The van der Waals surface area contributed by atoms with Crippen molar-refractivity contribution in [1.82, 2.24) is 0 Å². The van der Waals surface area contributed by atoms with E-state index in [0.717, 1.165) is 0 Å². The Morgan fingerprint density at radius 1 is 1.45 bits per heavy atom. The average molecular weight is 163 g/mol. The summed E-state index contributed by atoms with van der Waals surface area (Å²) in [7, 11) is 0. The van der Waals surface area contributed by atoms with E-state index in [1.54, 1.807) is 0 Å². The zero-order valence-electron chi connectivity index (χ0n) is 6.43. The molecule has 0 bridgehead atoms. The van der Waals surface area contributed by atoms with Crippen molar-refractivity contribution in [1.29, 1.82) is 0 Å². The normalized spacial score (nSPS) is 15.9. The van der Waals surface area contributed by atoms with E-state index in [2.05, 4.69) is 0 Å². The van der Waals surface area contributed by atoms with Gasteiger partial charge in [0, 0.05) is 4.92 Å². The van der Waals surface area contributed by atoms with Crippen LogP contribution in [0.25, 0.3) is 0 Å². The lowest BCUT2D eigenvalue weighted by atomic mass is 10.1. The van der Waals surface area contributed by atoms with Gasteiger partial charge in [0.05, 0.1) is 6.10 Å². The molecule has 0 aliphatic heterocycles. The molecular weight excluding hydrogens is 150 g/mol. The number of aliphatic hydroxyl groups excluding tert-OH is 2. The fourth-order valence-corrected chi connectivity index (χ4v) is 0.763. The Labute approximate surface area is 64.8 Å². The molecule has 5 nitrogen and oxygen atoms in total. The highest BCUT2D eigenvalue weighted by molar-refractivity contribution is 4.64. The highest BCUT2D eigenvalue weighted by Gasteiger charge is 2.20. The molecule has 2 N–H and O–H groups in total. The van der Waals surface area contributed by atoms with Gasteiger partial charge in [0.15, 0.2) is 0 Å². The Bertz CT molecular complexity index is 128. The monoisotopic (exact) mass is 163 g/mol. The van der Waals surface area contributed by atoms with E-state index >= 15 is 0 Å². The summed E-state index contributed by atoms with van der Waals surface area (Å²) in [6, 6.07) is 0. The molecular formula is C6H13NO4. The second-order valence-corrected chi connectivity index (χ2v) is 2.44. The summed E-state index contributed by atoms with van der Waals surface area (Å²) in [5.74, 6) is 0. The molecule has 0 spiro atoms. The smallest absolute Gasteiger partial charge is 0.231 e. The first-order valence-electron chi connectivity index (χ1n) is 3.55. The molecule has 5 heteroatoms. The molecule has 0 radical (unpaired) electrons. The SMILES string of the molecule is CCCC(O)C(O)C[N+](=O)[O-]. The maximum atomic E-state index is 9.85. The molecule has 2 unspecified atom stereocenters. The minimum atomic E-state index is -1.23. The predicted octanol–water partition coefficient (Wildman–Crippen LogP) is -0.215. The van der Waals surface area contributed by atoms with Crippen molar-refractivity contribution in [3.05, 3.63) is 10.1 Å². The van der Waals surface area contributed by atoms with Gasteiger partial charge in [-0.25, -0.2) is 0 Å². The van der Waals surface area contributed by atoms with Gasteiger partial charge in [-0.2, -0.15) is 0 Å². The molecule has 2 atom stereocenters. The maximum absolute atomic E-state index is 9.85. The summed E-state index contributed by atoms with van der Waals surface area (Å²) in [5, 5.41) is 27.8. The zero-order valence-corrected chi connectivity index (χ0v) is 6.43. The summed E-state index contributed by atoms with van der Waals surface area (Å²) in [6.45, 7) is 1.25. The molecule has 0 saturated carbocycles. The van der Waals surface area contributed by atoms with E-state index in [1.807, 2.05) is 6.92 Å². The molecule has 0 saturated heterocycles. The molecule has 0 rings (SSSR count). The fourth-order valence-electron chi connectivity index (χ4n) is 0.763. The van der Waals surface area contributed by atoms with Crippen LogP contribution in [0.5, 0.6) is 0 Å². The Balaban J connectivity index is 3.63. The van der Waals surface area contributed by atoms with Crippen molar-refractivity contribution >= 4 is 0 Å². The Morgan fingerprint density at radius 3 is 2.36 bits per heavy atom. The van der Waals surface area contributed by atoms with Crippen LogP contribution in [-0.4, -0.2) is 33.9 Å². The van der Waals surface area contributed by atoms with Crippen molar-refractivity contribution in [3.8, 4) is 0 Å². The number of nitro groups is 1. The molecule has 0 aromatic rings. The second-order valence-electron chi connectivity index (χ2n) is 2.44. The van der Waals surface area contributed by atoms with Gasteiger partial charge in [-0.3, -0.25) is 10.1 Å². The highest BCUT2D eigenvalue weighted by Crippen LogP contribution is 2.01. The van der Waals surface area contributed by atoms with Crippen LogP contribution in [-0.2, 0) is 0 Å². The zero-order chi connectivity index (χ0) is 8.85. The molecule has 66 valence electrons. The molecule has 0 heterocycles. The first-order chi connectivity index (χ1) is 5.07. The first-order valence-corrected chi connectivity index (χ1v) is 3.55. The molecule has 0 fully saturated rings. The van der Waals surface area contributed by atoms with Gasteiger partial charge in [0.25, 0.3) is 0 Å². The first kappa shape index (κ1) is 10.3. The van der Waals surface area contributed by atoms with Crippen molar-refractivity contribution in [2.75, 3.05) is 6.54 Å². The van der Waals surface area contributed by atoms with Crippen molar-refractivity contribution < 1.29 is 15.1 Å². The van der Waals surface area contributed by atoms with Gasteiger partial charge in [0.1, 0.15) is 6.10 Å². The summed E-state index contributed by atoms with van der Waals surface area (Å²) < 4.78 is 0. The molecule has 0 amide bonds. The number of aliphatic hydroxyl groups is 2. The van der Waals surface area contributed by atoms with E-state index in [-0.39, 0.29) is 0 Å². The minimum absolute atomic E-state index is 0.398. The number of hydrogen-bond donors (Lipinski definition) is 2. The molecule has 0 aliphatic carbocycles. The summed E-state index contributed by atoms with van der Waals surface area (Å²) in [6.07, 6.45) is -1.10. The lowest BCUT2D eigenvalue weighted by Gasteiger charge is -2.12.